The van der Waals surface area contributed by atoms with Gasteiger partial charge in [0.05, 0.1) is 0 Å². The predicted octanol–water partition coefficient (Wildman–Crippen LogP) is 7.58. The van der Waals surface area contributed by atoms with E-state index in [2.05, 4.69) is 64.1 Å². The average molecular weight is 325 g/mol. The highest BCUT2D eigenvalue weighted by molar-refractivity contribution is 5.88. The van der Waals surface area contributed by atoms with Crippen LogP contribution in [0.4, 0.5) is 0 Å². The maximum absolute atomic E-state index is 2.40. The molecule has 0 heterocycles. The van der Waals surface area contributed by atoms with Crippen molar-refractivity contribution >= 4 is 10.8 Å². The molecule has 2 aromatic rings. The first-order chi connectivity index (χ1) is 11.7. The van der Waals surface area contributed by atoms with Crippen LogP contribution >= 0.6 is 0 Å². The summed E-state index contributed by atoms with van der Waals surface area (Å²) in [6.45, 7) is 9.35. The summed E-state index contributed by atoms with van der Waals surface area (Å²) in [6.07, 6.45) is 10.4. The Kier molecular flexibility index (Phi) is 7.82. The zero-order valence-corrected chi connectivity index (χ0v) is 16.3. The Labute approximate surface area is 149 Å². The standard InChI is InChI=1S/C24H36/c1-5-19(3)11-9-13-21-17-18-22(14-10-12-20(4)6-2)24-16-8-7-15-23(21)24/h7-8,15-20H,5-6,9-14H2,1-4H3. The number of hydrogen-bond donors (Lipinski definition) is 0. The first kappa shape index (κ1) is 19.0. The summed E-state index contributed by atoms with van der Waals surface area (Å²) < 4.78 is 0. The highest BCUT2D eigenvalue weighted by Crippen LogP contribution is 2.26. The number of aryl methyl sites for hydroxylation is 2. The van der Waals surface area contributed by atoms with E-state index in [1.54, 1.807) is 11.1 Å². The Morgan fingerprint density at radius 1 is 0.667 bits per heavy atom. The highest BCUT2D eigenvalue weighted by atomic mass is 14.1. The minimum atomic E-state index is 0.857. The highest BCUT2D eigenvalue weighted by Gasteiger charge is 2.07. The summed E-state index contributed by atoms with van der Waals surface area (Å²) >= 11 is 0. The van der Waals surface area contributed by atoms with Crippen LogP contribution < -0.4 is 0 Å². The van der Waals surface area contributed by atoms with Crippen LogP contribution in [0.15, 0.2) is 36.4 Å². The quantitative estimate of drug-likeness (QED) is 0.422. The van der Waals surface area contributed by atoms with Crippen molar-refractivity contribution in [3.8, 4) is 0 Å². The van der Waals surface area contributed by atoms with Gasteiger partial charge in [-0.05, 0) is 59.4 Å². The van der Waals surface area contributed by atoms with Gasteiger partial charge in [-0.3, -0.25) is 0 Å². The lowest BCUT2D eigenvalue weighted by molar-refractivity contribution is 0.495. The van der Waals surface area contributed by atoms with Gasteiger partial charge in [-0.25, -0.2) is 0 Å². The first-order valence-corrected chi connectivity index (χ1v) is 10.1. The lowest BCUT2D eigenvalue weighted by Gasteiger charge is -2.13. The normalized spacial score (nSPS) is 14.0. The smallest absolute Gasteiger partial charge is 0.0149 e. The second-order valence-electron chi connectivity index (χ2n) is 7.74. The Hall–Kier alpha value is -1.30. The van der Waals surface area contributed by atoms with E-state index in [0.29, 0.717) is 0 Å². The van der Waals surface area contributed by atoms with Crippen LogP contribution in [0.5, 0.6) is 0 Å². The van der Waals surface area contributed by atoms with Gasteiger partial charge < -0.3 is 0 Å². The van der Waals surface area contributed by atoms with Crippen molar-refractivity contribution in [1.82, 2.24) is 0 Å². The van der Waals surface area contributed by atoms with Crippen molar-refractivity contribution in [3.63, 3.8) is 0 Å². The van der Waals surface area contributed by atoms with Gasteiger partial charge in [-0.1, -0.05) is 89.8 Å². The van der Waals surface area contributed by atoms with Gasteiger partial charge in [-0.15, -0.1) is 0 Å². The second kappa shape index (κ2) is 9.87. The van der Waals surface area contributed by atoms with Gasteiger partial charge in [0.2, 0.25) is 0 Å². The molecule has 2 unspecified atom stereocenters. The molecule has 2 atom stereocenters. The molecule has 0 aromatic heterocycles. The van der Waals surface area contributed by atoms with Crippen LogP contribution in [0.1, 0.15) is 77.3 Å². The van der Waals surface area contributed by atoms with Gasteiger partial charge in [0.25, 0.3) is 0 Å². The van der Waals surface area contributed by atoms with E-state index in [1.807, 2.05) is 0 Å². The fourth-order valence-electron chi connectivity index (χ4n) is 3.55. The summed E-state index contributed by atoms with van der Waals surface area (Å²) in [5.41, 5.74) is 3.08. The third kappa shape index (κ3) is 5.36. The van der Waals surface area contributed by atoms with E-state index in [4.69, 9.17) is 0 Å². The van der Waals surface area contributed by atoms with E-state index in [9.17, 15) is 0 Å². The third-order valence-electron chi connectivity index (χ3n) is 5.78. The van der Waals surface area contributed by atoms with Gasteiger partial charge >= 0.3 is 0 Å². The van der Waals surface area contributed by atoms with Crippen molar-refractivity contribution in [3.05, 3.63) is 47.5 Å². The van der Waals surface area contributed by atoms with Crippen molar-refractivity contribution in [2.45, 2.75) is 79.1 Å². The van der Waals surface area contributed by atoms with E-state index >= 15 is 0 Å². The molecule has 0 amide bonds. The Balaban J connectivity index is 2.08. The van der Waals surface area contributed by atoms with Crippen molar-refractivity contribution in [1.29, 1.82) is 0 Å². The molecule has 0 heteroatoms. The minimum Gasteiger partial charge on any atom is -0.0651 e. The molecule has 0 N–H and O–H groups in total. The third-order valence-corrected chi connectivity index (χ3v) is 5.78. The largest absolute Gasteiger partial charge is 0.0651 e. The monoisotopic (exact) mass is 324 g/mol. The molecule has 0 aliphatic carbocycles. The minimum absolute atomic E-state index is 0.857. The molecule has 2 rings (SSSR count). The van der Waals surface area contributed by atoms with Crippen LogP contribution in [0.25, 0.3) is 10.8 Å². The van der Waals surface area contributed by atoms with Gasteiger partial charge in [-0.2, -0.15) is 0 Å². The molecule has 0 bridgehead atoms. The number of fused-ring (bicyclic) bond motifs is 1. The average Bonchev–Trinajstić information content (AvgIpc) is 2.62. The molecular weight excluding hydrogens is 288 g/mol. The van der Waals surface area contributed by atoms with Crippen LogP contribution in [0.3, 0.4) is 0 Å². The Morgan fingerprint density at radius 3 is 1.46 bits per heavy atom. The molecule has 0 saturated carbocycles. The molecule has 132 valence electrons. The van der Waals surface area contributed by atoms with Crippen LogP contribution in [0.2, 0.25) is 0 Å². The summed E-state index contributed by atoms with van der Waals surface area (Å²) in [5, 5.41) is 2.98. The lowest BCUT2D eigenvalue weighted by Crippen LogP contribution is -1.97. The molecule has 2 aromatic carbocycles. The maximum Gasteiger partial charge on any atom is -0.0149 e. The molecule has 0 spiro atoms. The Bertz CT molecular complexity index is 556. The lowest BCUT2D eigenvalue weighted by atomic mass is 9.92. The predicted molar refractivity (Wildman–Crippen MR) is 109 cm³/mol. The molecule has 0 saturated heterocycles. The van der Waals surface area contributed by atoms with Crippen LogP contribution in [-0.2, 0) is 12.8 Å². The summed E-state index contributed by atoms with van der Waals surface area (Å²) in [4.78, 5) is 0. The molecule has 0 fully saturated rings. The van der Waals surface area contributed by atoms with E-state index in [1.165, 1.54) is 62.1 Å². The van der Waals surface area contributed by atoms with E-state index < -0.39 is 0 Å². The molecule has 0 radical (unpaired) electrons. The SMILES string of the molecule is CCC(C)CCCc1ccc(CCCC(C)CC)c2ccccc12. The van der Waals surface area contributed by atoms with Crippen LogP contribution in [0, 0.1) is 11.8 Å². The maximum atomic E-state index is 2.40. The number of hydrogen-bond acceptors (Lipinski definition) is 0. The molecule has 0 aliphatic rings. The first-order valence-electron chi connectivity index (χ1n) is 10.1. The Morgan fingerprint density at radius 2 is 1.08 bits per heavy atom. The van der Waals surface area contributed by atoms with Gasteiger partial charge in [0.15, 0.2) is 0 Å². The summed E-state index contributed by atoms with van der Waals surface area (Å²) in [7, 11) is 0. The van der Waals surface area contributed by atoms with E-state index in [-0.39, 0.29) is 0 Å². The van der Waals surface area contributed by atoms with Crippen LogP contribution in [-0.4, -0.2) is 0 Å². The van der Waals surface area contributed by atoms with E-state index in [0.717, 1.165) is 11.8 Å². The molecular formula is C24H36. The molecule has 0 nitrogen and oxygen atoms in total. The van der Waals surface area contributed by atoms with Gasteiger partial charge in [0, 0.05) is 0 Å². The number of rotatable bonds is 10. The van der Waals surface area contributed by atoms with Crippen molar-refractivity contribution in [2.24, 2.45) is 11.8 Å². The summed E-state index contributed by atoms with van der Waals surface area (Å²) in [6, 6.07) is 13.8. The molecule has 24 heavy (non-hydrogen) atoms. The van der Waals surface area contributed by atoms with Gasteiger partial charge in [0.1, 0.15) is 0 Å². The summed E-state index contributed by atoms with van der Waals surface area (Å²) in [5.74, 6) is 1.71. The molecule has 0 aliphatic heterocycles. The second-order valence-corrected chi connectivity index (χ2v) is 7.74. The fourth-order valence-corrected chi connectivity index (χ4v) is 3.55. The zero-order chi connectivity index (χ0) is 17.4. The fraction of sp³-hybridized carbons (Fsp3) is 0.583. The van der Waals surface area contributed by atoms with Crippen molar-refractivity contribution < 1.29 is 0 Å². The number of benzene rings is 2. The topological polar surface area (TPSA) is 0 Å². The zero-order valence-electron chi connectivity index (χ0n) is 16.3. The van der Waals surface area contributed by atoms with Crippen molar-refractivity contribution in [2.75, 3.05) is 0 Å².